The van der Waals surface area contributed by atoms with Crippen molar-refractivity contribution in [2.75, 3.05) is 19.6 Å². The van der Waals surface area contributed by atoms with Crippen molar-refractivity contribution in [3.8, 4) is 17.2 Å². The third kappa shape index (κ3) is 5.31. The first kappa shape index (κ1) is 22.2. The molecule has 2 aliphatic rings. The normalized spacial score (nSPS) is 20.7. The molecule has 1 fully saturated rings. The van der Waals surface area contributed by atoms with Crippen LogP contribution < -0.4 is 4.74 Å². The van der Waals surface area contributed by atoms with E-state index in [1.165, 1.54) is 50.9 Å². The minimum atomic E-state index is -0.154. The monoisotopic (exact) mass is 461 g/mol. The number of rotatable bonds is 6. The summed E-state index contributed by atoms with van der Waals surface area (Å²) in [4.78, 5) is 3.53. The van der Waals surface area contributed by atoms with E-state index >= 15 is 0 Å². The van der Waals surface area contributed by atoms with Crippen LogP contribution in [0.4, 0.5) is 0 Å². The first-order valence-electron chi connectivity index (χ1n) is 11.9. The molecule has 172 valence electrons. The lowest BCUT2D eigenvalue weighted by Crippen LogP contribution is -2.30. The summed E-state index contributed by atoms with van der Waals surface area (Å²) in [5.41, 5.74) is 3.59. The molecule has 0 saturated carbocycles. The Labute approximate surface area is 200 Å². The number of nitrogens with zero attached hydrogens (tertiary/aromatic N) is 1. The molecule has 0 unspecified atom stereocenters. The lowest BCUT2D eigenvalue weighted by atomic mass is 9.98. The highest BCUT2D eigenvalue weighted by atomic mass is 32.2. The van der Waals surface area contributed by atoms with E-state index in [-0.39, 0.29) is 22.9 Å². The van der Waals surface area contributed by atoms with E-state index in [2.05, 4.69) is 29.2 Å². The largest absolute Gasteiger partial charge is 0.508 e. The first-order chi connectivity index (χ1) is 16.2. The Bertz CT molecular complexity index is 1060. The topological polar surface area (TPSA) is 52.9 Å². The predicted octanol–water partition coefficient (Wildman–Crippen LogP) is 6.48. The predicted molar refractivity (Wildman–Crippen MR) is 133 cm³/mol. The molecular weight excluding hydrogens is 430 g/mol. The maximum atomic E-state index is 9.94. The molecule has 5 rings (SSSR count). The van der Waals surface area contributed by atoms with Gasteiger partial charge in [-0.3, -0.25) is 0 Å². The van der Waals surface area contributed by atoms with Crippen molar-refractivity contribution in [2.24, 2.45) is 0 Å². The van der Waals surface area contributed by atoms with Crippen LogP contribution in [0.5, 0.6) is 17.2 Å². The second-order valence-electron chi connectivity index (χ2n) is 9.05. The Morgan fingerprint density at radius 2 is 1.52 bits per heavy atom. The van der Waals surface area contributed by atoms with Gasteiger partial charge in [0.25, 0.3) is 0 Å². The Balaban J connectivity index is 1.32. The summed E-state index contributed by atoms with van der Waals surface area (Å²) >= 11 is 1.69. The van der Waals surface area contributed by atoms with E-state index in [1.54, 1.807) is 36.0 Å². The molecule has 5 heteroatoms. The SMILES string of the molecule is Oc1ccc([C@H]2Sc3cc(O)ccc3O[C@H]2c2ccc(CCCN3CCCCC3)cc2)cc1. The second-order valence-corrected chi connectivity index (χ2v) is 10.2. The van der Waals surface area contributed by atoms with E-state index in [4.69, 9.17) is 4.74 Å². The number of hydrogen-bond donors (Lipinski definition) is 2. The van der Waals surface area contributed by atoms with Crippen LogP contribution in [-0.2, 0) is 6.42 Å². The Kier molecular flexibility index (Phi) is 6.79. The number of hydrogen-bond acceptors (Lipinski definition) is 5. The molecule has 4 nitrogen and oxygen atoms in total. The van der Waals surface area contributed by atoms with Gasteiger partial charge < -0.3 is 19.8 Å². The van der Waals surface area contributed by atoms with Crippen molar-refractivity contribution in [3.63, 3.8) is 0 Å². The number of thioether (sulfide) groups is 1. The van der Waals surface area contributed by atoms with Crippen molar-refractivity contribution in [1.82, 2.24) is 4.90 Å². The summed E-state index contributed by atoms with van der Waals surface area (Å²) < 4.78 is 6.47. The molecule has 0 aromatic heterocycles. The van der Waals surface area contributed by atoms with Crippen LogP contribution in [0.15, 0.2) is 71.6 Å². The van der Waals surface area contributed by atoms with Gasteiger partial charge in [-0.05, 0) is 92.3 Å². The van der Waals surface area contributed by atoms with Crippen molar-refractivity contribution in [2.45, 2.75) is 48.4 Å². The molecule has 1 saturated heterocycles. The maximum Gasteiger partial charge on any atom is 0.140 e. The fraction of sp³-hybridized carbons (Fsp3) is 0.357. The molecule has 0 aliphatic carbocycles. The van der Waals surface area contributed by atoms with Gasteiger partial charge >= 0.3 is 0 Å². The minimum Gasteiger partial charge on any atom is -0.508 e. The lowest BCUT2D eigenvalue weighted by molar-refractivity contribution is 0.190. The molecule has 2 heterocycles. The van der Waals surface area contributed by atoms with Gasteiger partial charge in [0.05, 0.1) is 10.1 Å². The van der Waals surface area contributed by atoms with Crippen LogP contribution in [-0.4, -0.2) is 34.7 Å². The smallest absolute Gasteiger partial charge is 0.140 e. The molecule has 2 aliphatic heterocycles. The standard InChI is InChI=1S/C28H31NO3S/c30-23-12-10-22(11-13-23)28-27(32-25-15-14-24(31)19-26(25)33-28)21-8-6-20(7-9-21)5-4-18-29-16-2-1-3-17-29/h6-15,19,27-28,30-31H,1-5,16-18H2/t27-,28+/m0/s1. The number of ether oxygens (including phenoxy) is 1. The van der Waals surface area contributed by atoms with Crippen LogP contribution in [0.3, 0.4) is 0 Å². The van der Waals surface area contributed by atoms with E-state index in [0.29, 0.717) is 0 Å². The molecular formula is C28H31NO3S. The zero-order valence-corrected chi connectivity index (χ0v) is 19.6. The molecule has 2 atom stereocenters. The van der Waals surface area contributed by atoms with Crippen molar-refractivity contribution >= 4 is 11.8 Å². The van der Waals surface area contributed by atoms with Gasteiger partial charge in [-0.2, -0.15) is 0 Å². The highest BCUT2D eigenvalue weighted by molar-refractivity contribution is 7.99. The van der Waals surface area contributed by atoms with Gasteiger partial charge in [-0.25, -0.2) is 0 Å². The van der Waals surface area contributed by atoms with Crippen LogP contribution >= 0.6 is 11.8 Å². The number of phenols is 2. The van der Waals surface area contributed by atoms with E-state index in [0.717, 1.165) is 28.2 Å². The van der Waals surface area contributed by atoms with Gasteiger partial charge in [0.15, 0.2) is 0 Å². The number of aromatic hydroxyl groups is 2. The van der Waals surface area contributed by atoms with Crippen LogP contribution in [0, 0.1) is 0 Å². The number of fused-ring (bicyclic) bond motifs is 1. The molecule has 0 spiro atoms. The quantitative estimate of drug-likeness (QED) is 0.440. The van der Waals surface area contributed by atoms with Gasteiger partial charge in [0, 0.05) is 0 Å². The highest BCUT2D eigenvalue weighted by Gasteiger charge is 2.33. The molecule has 2 N–H and O–H groups in total. The lowest BCUT2D eigenvalue weighted by Gasteiger charge is -2.34. The van der Waals surface area contributed by atoms with E-state index in [1.807, 2.05) is 18.2 Å². The van der Waals surface area contributed by atoms with Gasteiger partial charge in [-0.15, -0.1) is 11.8 Å². The number of piperidine rings is 1. The number of likely N-dealkylation sites (tertiary alicyclic amines) is 1. The third-order valence-corrected chi connectivity index (χ3v) is 7.97. The van der Waals surface area contributed by atoms with E-state index < -0.39 is 0 Å². The summed E-state index contributed by atoms with van der Waals surface area (Å²) in [7, 11) is 0. The summed E-state index contributed by atoms with van der Waals surface area (Å²) in [6.45, 7) is 3.71. The average molecular weight is 462 g/mol. The van der Waals surface area contributed by atoms with Crippen LogP contribution in [0.25, 0.3) is 0 Å². The summed E-state index contributed by atoms with van der Waals surface area (Å²) in [6, 6.07) is 21.5. The molecule has 33 heavy (non-hydrogen) atoms. The molecule has 0 amide bonds. The van der Waals surface area contributed by atoms with Gasteiger partial charge in [0.1, 0.15) is 23.4 Å². The average Bonchev–Trinajstić information content (AvgIpc) is 2.85. The maximum absolute atomic E-state index is 9.94. The fourth-order valence-electron chi connectivity index (χ4n) is 4.80. The number of benzene rings is 3. The summed E-state index contributed by atoms with van der Waals surface area (Å²) in [6.07, 6.45) is 6.22. The second kappa shape index (κ2) is 10.1. The first-order valence-corrected chi connectivity index (χ1v) is 12.8. The van der Waals surface area contributed by atoms with E-state index in [9.17, 15) is 10.2 Å². The third-order valence-electron chi connectivity index (χ3n) is 6.63. The van der Waals surface area contributed by atoms with Crippen molar-refractivity contribution < 1.29 is 14.9 Å². The Morgan fingerprint density at radius 3 is 2.27 bits per heavy atom. The van der Waals surface area contributed by atoms with Crippen molar-refractivity contribution in [1.29, 1.82) is 0 Å². The van der Waals surface area contributed by atoms with Crippen molar-refractivity contribution in [3.05, 3.63) is 83.4 Å². The fourth-order valence-corrected chi connectivity index (χ4v) is 6.12. The Morgan fingerprint density at radius 1 is 0.818 bits per heavy atom. The van der Waals surface area contributed by atoms with Crippen LogP contribution in [0.2, 0.25) is 0 Å². The molecule has 3 aromatic carbocycles. The molecule has 3 aromatic rings. The molecule has 0 radical (unpaired) electrons. The molecule has 0 bridgehead atoms. The van der Waals surface area contributed by atoms with Crippen LogP contribution in [0.1, 0.15) is 53.7 Å². The summed E-state index contributed by atoms with van der Waals surface area (Å²) in [5.74, 6) is 1.29. The minimum absolute atomic E-state index is 0.0184. The zero-order valence-electron chi connectivity index (χ0n) is 18.8. The van der Waals surface area contributed by atoms with Gasteiger partial charge in [0.2, 0.25) is 0 Å². The summed E-state index contributed by atoms with van der Waals surface area (Å²) in [5, 5.41) is 19.7. The Hall–Kier alpha value is -2.63. The number of aryl methyl sites for hydroxylation is 1. The number of phenolic OH excluding ortho intramolecular Hbond substituents is 2. The zero-order chi connectivity index (χ0) is 22.6. The van der Waals surface area contributed by atoms with Gasteiger partial charge in [-0.1, -0.05) is 42.8 Å². The highest BCUT2D eigenvalue weighted by Crippen LogP contribution is 2.53.